The minimum Gasteiger partial charge on any atom is -0.383 e. The van der Waals surface area contributed by atoms with E-state index in [1.807, 2.05) is 18.3 Å². The van der Waals surface area contributed by atoms with Crippen LogP contribution in [0.15, 0.2) is 60.0 Å². The largest absolute Gasteiger partial charge is 0.419 e. The van der Waals surface area contributed by atoms with E-state index in [1.54, 1.807) is 46.8 Å². The molecular weight excluding hydrogens is 509 g/mol. The zero-order chi connectivity index (χ0) is 27.5. The first-order chi connectivity index (χ1) is 18.6. The summed E-state index contributed by atoms with van der Waals surface area (Å²) in [6.07, 6.45) is 1.91. The van der Waals surface area contributed by atoms with Gasteiger partial charge in [0.15, 0.2) is 0 Å². The highest BCUT2D eigenvalue weighted by molar-refractivity contribution is 6.04. The number of pyridine rings is 3. The second-order valence-corrected chi connectivity index (χ2v) is 9.74. The Kier molecular flexibility index (Phi) is 5.44. The van der Waals surface area contributed by atoms with Crippen LogP contribution in [0.1, 0.15) is 18.2 Å². The standard InChI is InChI=1S/C27H21F3N8O/c1-26(12-39-13-26)22-6-4-17(10-34-22)38-23-18-7-15(16-8-19(27(28,29)30)24(32)35-9-16)3-5-20(18)33-11-21(23)37(2)25(38)36-14-31/h3-11H,12-13H2,1-2H3,(H2,32,35). The molecule has 0 spiro atoms. The molecule has 5 heterocycles. The minimum absolute atomic E-state index is 0.157. The van der Waals surface area contributed by atoms with Gasteiger partial charge in [-0.05, 0) is 42.8 Å². The summed E-state index contributed by atoms with van der Waals surface area (Å²) in [7, 11) is 1.76. The summed E-state index contributed by atoms with van der Waals surface area (Å²) in [6.45, 7) is 3.26. The van der Waals surface area contributed by atoms with E-state index >= 15 is 0 Å². The van der Waals surface area contributed by atoms with Crippen molar-refractivity contribution in [1.82, 2.24) is 24.1 Å². The maximum Gasteiger partial charge on any atom is 0.419 e. The summed E-state index contributed by atoms with van der Waals surface area (Å²) in [6, 6.07) is 9.97. The smallest absolute Gasteiger partial charge is 0.383 e. The average molecular weight is 531 g/mol. The van der Waals surface area contributed by atoms with Crippen molar-refractivity contribution in [2.24, 2.45) is 12.0 Å². The summed E-state index contributed by atoms with van der Waals surface area (Å²) >= 11 is 0. The van der Waals surface area contributed by atoms with Crippen molar-refractivity contribution in [3.05, 3.63) is 71.9 Å². The van der Waals surface area contributed by atoms with Crippen molar-refractivity contribution in [3.63, 3.8) is 0 Å². The number of nitriles is 1. The van der Waals surface area contributed by atoms with E-state index in [2.05, 4.69) is 26.9 Å². The fourth-order valence-corrected chi connectivity index (χ4v) is 4.89. The fourth-order valence-electron chi connectivity index (χ4n) is 4.89. The van der Waals surface area contributed by atoms with Crippen LogP contribution >= 0.6 is 0 Å². The number of anilines is 1. The minimum atomic E-state index is -4.64. The summed E-state index contributed by atoms with van der Waals surface area (Å²) < 4.78 is 49.4. The molecule has 0 unspecified atom stereocenters. The summed E-state index contributed by atoms with van der Waals surface area (Å²) in [5, 5.41) is 10.1. The molecule has 1 fully saturated rings. The van der Waals surface area contributed by atoms with Crippen LogP contribution in [0.25, 0.3) is 38.8 Å². The lowest BCUT2D eigenvalue weighted by Gasteiger charge is -2.37. The van der Waals surface area contributed by atoms with Gasteiger partial charge in [-0.25, -0.2) is 4.98 Å². The van der Waals surface area contributed by atoms with E-state index in [0.29, 0.717) is 52.0 Å². The number of aromatic nitrogens is 5. The number of nitrogens with two attached hydrogens (primary N) is 1. The van der Waals surface area contributed by atoms with Gasteiger partial charge in [0.05, 0.1) is 64.5 Å². The van der Waals surface area contributed by atoms with Gasteiger partial charge in [0.1, 0.15) is 5.82 Å². The first-order valence-corrected chi connectivity index (χ1v) is 11.9. The van der Waals surface area contributed by atoms with Crippen molar-refractivity contribution in [2.45, 2.75) is 18.5 Å². The van der Waals surface area contributed by atoms with Gasteiger partial charge in [0.2, 0.25) is 11.8 Å². The first-order valence-electron chi connectivity index (χ1n) is 11.9. The third-order valence-electron chi connectivity index (χ3n) is 7.08. The van der Waals surface area contributed by atoms with Gasteiger partial charge in [-0.1, -0.05) is 6.07 Å². The molecule has 5 aromatic rings. The number of rotatable bonds is 3. The Morgan fingerprint density at radius 2 is 1.85 bits per heavy atom. The lowest BCUT2D eigenvalue weighted by atomic mass is 9.84. The Balaban J connectivity index is 1.61. The van der Waals surface area contributed by atoms with Crippen molar-refractivity contribution >= 4 is 27.8 Å². The lowest BCUT2D eigenvalue weighted by molar-refractivity contribution is -0.137. The number of alkyl halides is 3. The molecule has 0 saturated carbocycles. The highest BCUT2D eigenvalue weighted by Crippen LogP contribution is 2.36. The molecule has 0 amide bonds. The van der Waals surface area contributed by atoms with Crippen molar-refractivity contribution in [2.75, 3.05) is 18.9 Å². The molecule has 6 rings (SSSR count). The number of nitrogen functional groups attached to an aromatic ring is 1. The SMILES string of the molecule is Cn1c(=NC#N)n(-c2ccc(C3(C)COC3)nc2)c2c3cc(-c4cnc(N)c(C(F)(F)F)c4)ccc3ncc21. The molecule has 0 bridgehead atoms. The number of hydrogen-bond acceptors (Lipinski definition) is 7. The van der Waals surface area contributed by atoms with Crippen LogP contribution in [-0.4, -0.2) is 37.3 Å². The average Bonchev–Trinajstić information content (AvgIpc) is 3.18. The molecule has 196 valence electrons. The van der Waals surface area contributed by atoms with Crippen molar-refractivity contribution in [1.29, 1.82) is 5.26 Å². The van der Waals surface area contributed by atoms with Gasteiger partial charge in [-0.3, -0.25) is 14.5 Å². The molecule has 9 nitrogen and oxygen atoms in total. The third-order valence-corrected chi connectivity index (χ3v) is 7.08. The van der Waals surface area contributed by atoms with Gasteiger partial charge in [-0.2, -0.15) is 18.4 Å². The van der Waals surface area contributed by atoms with Crippen molar-refractivity contribution in [3.8, 4) is 23.0 Å². The fraction of sp³-hybridized carbons (Fsp3) is 0.222. The zero-order valence-electron chi connectivity index (χ0n) is 20.9. The highest BCUT2D eigenvalue weighted by atomic mass is 19.4. The molecule has 4 aromatic heterocycles. The quantitative estimate of drug-likeness (QED) is 0.349. The van der Waals surface area contributed by atoms with Gasteiger partial charge in [0, 0.05) is 24.2 Å². The molecule has 1 aliphatic rings. The second-order valence-electron chi connectivity index (χ2n) is 9.74. The van der Waals surface area contributed by atoms with E-state index in [1.165, 1.54) is 6.20 Å². The summed E-state index contributed by atoms with van der Waals surface area (Å²) in [4.78, 5) is 17.1. The van der Waals surface area contributed by atoms with E-state index < -0.39 is 17.6 Å². The molecule has 0 aliphatic carbocycles. The number of fused-ring (bicyclic) bond motifs is 3. The van der Waals surface area contributed by atoms with Gasteiger partial charge in [-0.15, -0.1) is 4.99 Å². The Morgan fingerprint density at radius 3 is 2.49 bits per heavy atom. The molecule has 1 aliphatic heterocycles. The predicted molar refractivity (Wildman–Crippen MR) is 137 cm³/mol. The number of ether oxygens (including phenoxy) is 1. The van der Waals surface area contributed by atoms with Crippen LogP contribution in [0.2, 0.25) is 0 Å². The molecule has 39 heavy (non-hydrogen) atoms. The lowest BCUT2D eigenvalue weighted by Crippen LogP contribution is -2.44. The highest BCUT2D eigenvalue weighted by Gasteiger charge is 2.36. The molecule has 0 radical (unpaired) electrons. The molecular formula is C27H21F3N8O. The molecule has 1 aromatic carbocycles. The van der Waals surface area contributed by atoms with Crippen LogP contribution < -0.4 is 11.4 Å². The van der Waals surface area contributed by atoms with E-state index in [4.69, 9.17) is 10.5 Å². The second kappa shape index (κ2) is 8.64. The van der Waals surface area contributed by atoms with Crippen LogP contribution in [0.3, 0.4) is 0 Å². The Bertz CT molecular complexity index is 1880. The van der Waals surface area contributed by atoms with Gasteiger partial charge >= 0.3 is 6.18 Å². The molecule has 0 atom stereocenters. The maximum atomic E-state index is 13.5. The molecule has 12 heteroatoms. The molecule has 1 saturated heterocycles. The number of benzene rings is 1. The number of nitrogens with zero attached hydrogens (tertiary/aromatic N) is 7. The summed E-state index contributed by atoms with van der Waals surface area (Å²) in [5.41, 5.74) is 8.94. The molecule has 2 N–H and O–H groups in total. The van der Waals surface area contributed by atoms with E-state index in [0.717, 1.165) is 11.8 Å². The van der Waals surface area contributed by atoms with E-state index in [9.17, 15) is 18.4 Å². The van der Waals surface area contributed by atoms with Crippen LogP contribution in [0.5, 0.6) is 0 Å². The maximum absolute atomic E-state index is 13.5. The predicted octanol–water partition coefficient (Wildman–Crippen LogP) is 4.24. The number of imidazole rings is 1. The summed E-state index contributed by atoms with van der Waals surface area (Å²) in [5.74, 6) is -0.585. The number of hydrogen-bond donors (Lipinski definition) is 1. The Morgan fingerprint density at radius 1 is 1.05 bits per heavy atom. The normalized spacial score (nSPS) is 15.4. The topological polar surface area (TPSA) is 120 Å². The van der Waals surface area contributed by atoms with E-state index in [-0.39, 0.29) is 11.0 Å². The van der Waals surface area contributed by atoms with Gasteiger partial charge in [0.25, 0.3) is 0 Å². The van der Waals surface area contributed by atoms with Crippen LogP contribution in [0.4, 0.5) is 19.0 Å². The Labute approximate surface area is 219 Å². The first kappa shape index (κ1) is 24.6. The Hall–Kier alpha value is -4.76. The van der Waals surface area contributed by atoms with Crippen LogP contribution in [-0.2, 0) is 23.4 Å². The number of halogens is 3. The van der Waals surface area contributed by atoms with Crippen LogP contribution in [0, 0.1) is 11.5 Å². The third kappa shape index (κ3) is 3.90. The van der Waals surface area contributed by atoms with Gasteiger partial charge < -0.3 is 15.0 Å². The number of aryl methyl sites for hydroxylation is 1. The van der Waals surface area contributed by atoms with Crippen molar-refractivity contribution < 1.29 is 17.9 Å². The monoisotopic (exact) mass is 530 g/mol. The zero-order valence-corrected chi connectivity index (χ0v) is 20.9.